The molecule has 0 aliphatic carbocycles. The van der Waals surface area contributed by atoms with Gasteiger partial charge < -0.3 is 9.64 Å². The summed E-state index contributed by atoms with van der Waals surface area (Å²) in [5, 5.41) is 6.26. The molecule has 1 amide bonds. The maximum Gasteiger partial charge on any atom is 0.293 e. The molecule has 9 heteroatoms. The quantitative estimate of drug-likeness (QED) is 0.427. The number of amides is 1. The number of nitrogens with zero attached hydrogens (tertiary/aromatic N) is 4. The van der Waals surface area contributed by atoms with Crippen molar-refractivity contribution in [2.75, 3.05) is 20.2 Å². The van der Waals surface area contributed by atoms with Crippen LogP contribution in [0.5, 0.6) is 5.75 Å². The second kappa shape index (κ2) is 9.05. The molecule has 0 unspecified atom stereocenters. The Labute approximate surface area is 181 Å². The molecule has 2 heterocycles. The fraction of sp³-hybridized carbons (Fsp3) is 0.136. The van der Waals surface area contributed by atoms with Crippen molar-refractivity contribution in [3.05, 3.63) is 83.5 Å². The Morgan fingerprint density at radius 1 is 1.10 bits per heavy atom. The highest BCUT2D eigenvalue weighted by Gasteiger charge is 2.22. The topological polar surface area (TPSA) is 60.2 Å². The van der Waals surface area contributed by atoms with Gasteiger partial charge in [0.2, 0.25) is 5.82 Å². The number of rotatable bonds is 7. The molecule has 0 atom stereocenters. The second-order valence-electron chi connectivity index (χ2n) is 6.63. The van der Waals surface area contributed by atoms with Crippen molar-refractivity contribution in [2.45, 2.75) is 0 Å². The first-order valence-corrected chi connectivity index (χ1v) is 10.3. The molecule has 0 saturated heterocycles. The van der Waals surface area contributed by atoms with Crippen molar-refractivity contribution in [1.29, 1.82) is 0 Å². The van der Waals surface area contributed by atoms with Crippen LogP contribution in [0.4, 0.5) is 8.78 Å². The van der Waals surface area contributed by atoms with E-state index >= 15 is 0 Å². The molecule has 0 fully saturated rings. The van der Waals surface area contributed by atoms with E-state index in [9.17, 15) is 13.6 Å². The maximum absolute atomic E-state index is 13.7. The van der Waals surface area contributed by atoms with Crippen LogP contribution in [0.1, 0.15) is 10.6 Å². The Balaban J connectivity index is 1.53. The molecule has 0 aliphatic heterocycles. The SMILES string of the molecule is CN(CCOc1ccccc1F)C(=O)c1nc(-c2cccs2)n(-c2ccc(F)cc2)n1. The number of carbonyl (C=O) groups excluding carboxylic acids is 1. The first-order valence-electron chi connectivity index (χ1n) is 9.42. The van der Waals surface area contributed by atoms with Crippen LogP contribution in [-0.4, -0.2) is 45.8 Å². The third kappa shape index (κ3) is 4.61. The highest BCUT2D eigenvalue weighted by Crippen LogP contribution is 2.26. The van der Waals surface area contributed by atoms with E-state index in [-0.39, 0.29) is 30.5 Å². The Kier molecular flexibility index (Phi) is 6.03. The molecule has 0 aliphatic rings. The van der Waals surface area contributed by atoms with E-state index in [0.29, 0.717) is 11.5 Å². The average molecular weight is 440 g/mol. The molecule has 4 aromatic rings. The normalized spacial score (nSPS) is 10.8. The molecule has 31 heavy (non-hydrogen) atoms. The predicted molar refractivity (Wildman–Crippen MR) is 113 cm³/mol. The van der Waals surface area contributed by atoms with Gasteiger partial charge in [-0.05, 0) is 47.8 Å². The minimum absolute atomic E-state index is 0.00103. The van der Waals surface area contributed by atoms with E-state index in [1.165, 1.54) is 45.2 Å². The van der Waals surface area contributed by atoms with E-state index in [4.69, 9.17) is 4.74 Å². The van der Waals surface area contributed by atoms with Crippen LogP contribution in [0.25, 0.3) is 16.4 Å². The minimum atomic E-state index is -0.461. The molecule has 4 rings (SSSR count). The van der Waals surface area contributed by atoms with Gasteiger partial charge in [-0.15, -0.1) is 16.4 Å². The third-order valence-corrected chi connectivity index (χ3v) is 5.34. The lowest BCUT2D eigenvalue weighted by atomic mass is 10.3. The summed E-state index contributed by atoms with van der Waals surface area (Å²) in [5.41, 5.74) is 0.585. The highest BCUT2D eigenvalue weighted by atomic mass is 32.1. The summed E-state index contributed by atoms with van der Waals surface area (Å²) in [5.74, 6) is -0.621. The van der Waals surface area contributed by atoms with Gasteiger partial charge in [0.25, 0.3) is 5.91 Å². The molecule has 158 valence electrons. The van der Waals surface area contributed by atoms with Crippen LogP contribution in [0.3, 0.4) is 0 Å². The monoisotopic (exact) mass is 440 g/mol. The van der Waals surface area contributed by atoms with Crippen molar-refractivity contribution >= 4 is 17.2 Å². The molecule has 2 aromatic carbocycles. The molecule has 0 spiro atoms. The van der Waals surface area contributed by atoms with Gasteiger partial charge in [0.1, 0.15) is 12.4 Å². The zero-order valence-electron chi connectivity index (χ0n) is 16.5. The van der Waals surface area contributed by atoms with Gasteiger partial charge in [-0.3, -0.25) is 4.79 Å². The lowest BCUT2D eigenvalue weighted by molar-refractivity contribution is 0.0761. The summed E-state index contributed by atoms with van der Waals surface area (Å²) in [6, 6.07) is 15.6. The number of aromatic nitrogens is 3. The summed E-state index contributed by atoms with van der Waals surface area (Å²) in [4.78, 5) is 19.5. The number of thiophene rings is 1. The standard InChI is InChI=1S/C22H18F2N4O2S/c1-27(12-13-30-18-6-3-2-5-17(18)24)22(29)20-25-21(19-7-4-14-31-19)28(26-20)16-10-8-15(23)9-11-16/h2-11,14H,12-13H2,1H3. The van der Waals surface area contributed by atoms with Gasteiger partial charge in [-0.25, -0.2) is 18.4 Å². The molecule has 0 bridgehead atoms. The summed E-state index contributed by atoms with van der Waals surface area (Å²) >= 11 is 1.46. The van der Waals surface area contributed by atoms with Crippen molar-refractivity contribution in [1.82, 2.24) is 19.7 Å². The van der Waals surface area contributed by atoms with Gasteiger partial charge in [0.15, 0.2) is 17.4 Å². The predicted octanol–water partition coefficient (Wildman–Crippen LogP) is 4.43. The fourth-order valence-electron chi connectivity index (χ4n) is 2.86. The van der Waals surface area contributed by atoms with Crippen LogP contribution in [0, 0.1) is 11.6 Å². The number of para-hydroxylation sites is 1. The van der Waals surface area contributed by atoms with E-state index < -0.39 is 11.7 Å². The summed E-state index contributed by atoms with van der Waals surface area (Å²) in [7, 11) is 1.59. The number of benzene rings is 2. The number of likely N-dealkylation sites (N-methyl/N-ethyl adjacent to an activating group) is 1. The van der Waals surface area contributed by atoms with Crippen LogP contribution >= 0.6 is 11.3 Å². The number of halogens is 2. The Bertz CT molecular complexity index is 1180. The zero-order valence-corrected chi connectivity index (χ0v) is 17.4. The van der Waals surface area contributed by atoms with Crippen LogP contribution in [0.15, 0.2) is 66.0 Å². The van der Waals surface area contributed by atoms with E-state index in [2.05, 4.69) is 10.1 Å². The molecule has 2 aromatic heterocycles. The molecule has 0 N–H and O–H groups in total. The van der Waals surface area contributed by atoms with Crippen LogP contribution < -0.4 is 4.74 Å². The Morgan fingerprint density at radius 2 is 1.87 bits per heavy atom. The lowest BCUT2D eigenvalue weighted by Gasteiger charge is -2.15. The number of hydrogen-bond acceptors (Lipinski definition) is 5. The van der Waals surface area contributed by atoms with Crippen molar-refractivity contribution in [2.24, 2.45) is 0 Å². The number of hydrogen-bond donors (Lipinski definition) is 0. The van der Waals surface area contributed by atoms with Gasteiger partial charge in [-0.2, -0.15) is 0 Å². The van der Waals surface area contributed by atoms with Gasteiger partial charge in [-0.1, -0.05) is 18.2 Å². The molecular weight excluding hydrogens is 422 g/mol. The minimum Gasteiger partial charge on any atom is -0.489 e. The molecule has 0 radical (unpaired) electrons. The smallest absolute Gasteiger partial charge is 0.293 e. The van der Waals surface area contributed by atoms with Crippen molar-refractivity contribution < 1.29 is 18.3 Å². The van der Waals surface area contributed by atoms with Crippen LogP contribution in [0.2, 0.25) is 0 Å². The van der Waals surface area contributed by atoms with Crippen LogP contribution in [-0.2, 0) is 0 Å². The van der Waals surface area contributed by atoms with Gasteiger partial charge >= 0.3 is 0 Å². The number of carbonyl (C=O) groups is 1. The van der Waals surface area contributed by atoms with E-state index in [0.717, 1.165) is 4.88 Å². The van der Waals surface area contributed by atoms with Crippen molar-refractivity contribution in [3.63, 3.8) is 0 Å². The largest absolute Gasteiger partial charge is 0.489 e. The molecule has 6 nitrogen and oxygen atoms in total. The maximum atomic E-state index is 13.7. The Hall–Kier alpha value is -3.59. The fourth-order valence-corrected chi connectivity index (χ4v) is 3.56. The van der Waals surface area contributed by atoms with E-state index in [1.54, 1.807) is 31.3 Å². The summed E-state index contributed by atoms with van der Waals surface area (Å²) in [6.45, 7) is 0.326. The second-order valence-corrected chi connectivity index (χ2v) is 7.58. The molecule has 0 saturated carbocycles. The first-order chi connectivity index (χ1) is 15.0. The average Bonchev–Trinajstić information content (AvgIpc) is 3.45. The van der Waals surface area contributed by atoms with E-state index in [1.807, 2.05) is 17.5 Å². The highest BCUT2D eigenvalue weighted by molar-refractivity contribution is 7.13. The van der Waals surface area contributed by atoms with Crippen molar-refractivity contribution in [3.8, 4) is 22.1 Å². The summed E-state index contributed by atoms with van der Waals surface area (Å²) in [6.07, 6.45) is 0. The Morgan fingerprint density at radius 3 is 2.58 bits per heavy atom. The summed E-state index contributed by atoms with van der Waals surface area (Å²) < 4.78 is 33.9. The lowest BCUT2D eigenvalue weighted by Crippen LogP contribution is -2.31. The molecular formula is C22H18F2N4O2S. The zero-order chi connectivity index (χ0) is 21.8. The number of ether oxygens (including phenoxy) is 1. The third-order valence-electron chi connectivity index (χ3n) is 4.48. The van der Waals surface area contributed by atoms with Gasteiger partial charge in [0, 0.05) is 7.05 Å². The first kappa shape index (κ1) is 20.7. The van der Waals surface area contributed by atoms with Gasteiger partial charge in [0.05, 0.1) is 17.1 Å².